The molecule has 0 spiro atoms. The van der Waals surface area contributed by atoms with Gasteiger partial charge in [0.2, 0.25) is 11.6 Å². The molecule has 1 aromatic carbocycles. The van der Waals surface area contributed by atoms with Gasteiger partial charge in [0, 0.05) is 18.5 Å². The number of nitrogens with one attached hydrogen (secondary N) is 2. The zero-order valence-corrected chi connectivity index (χ0v) is 22.5. The van der Waals surface area contributed by atoms with Crippen molar-refractivity contribution in [3.05, 3.63) is 52.3 Å². The van der Waals surface area contributed by atoms with E-state index in [1.54, 1.807) is 0 Å². The molecule has 9 heteroatoms. The van der Waals surface area contributed by atoms with Crippen LogP contribution in [0.1, 0.15) is 83.0 Å². The van der Waals surface area contributed by atoms with Gasteiger partial charge in [0.25, 0.3) is 0 Å². The molecule has 3 heterocycles. The highest BCUT2D eigenvalue weighted by Gasteiger charge is 2.29. The molecule has 2 aliphatic carbocycles. The molecule has 0 amide bonds. The van der Waals surface area contributed by atoms with Crippen molar-refractivity contribution >= 4 is 17.0 Å². The number of imidazole rings is 1. The van der Waals surface area contributed by atoms with Crippen LogP contribution < -0.4 is 11.1 Å². The van der Waals surface area contributed by atoms with Crippen LogP contribution in [-0.2, 0) is 6.54 Å². The monoisotopic (exact) mass is 515 g/mol. The zero-order chi connectivity index (χ0) is 26.2. The van der Waals surface area contributed by atoms with E-state index in [9.17, 15) is 4.79 Å². The van der Waals surface area contributed by atoms with Crippen LogP contribution in [0.3, 0.4) is 0 Å². The third-order valence-electron chi connectivity index (χ3n) is 8.77. The molecule has 1 unspecified atom stereocenters. The average molecular weight is 516 g/mol. The summed E-state index contributed by atoms with van der Waals surface area (Å²) in [6, 6.07) is 10.8. The van der Waals surface area contributed by atoms with Crippen molar-refractivity contribution in [3.63, 3.8) is 0 Å². The Morgan fingerprint density at radius 1 is 1.05 bits per heavy atom. The summed E-state index contributed by atoms with van der Waals surface area (Å²) in [7, 11) is 0. The fourth-order valence-corrected chi connectivity index (χ4v) is 6.04. The zero-order valence-electron chi connectivity index (χ0n) is 22.5. The average Bonchev–Trinajstić information content (AvgIpc) is 3.48. The highest BCUT2D eigenvalue weighted by molar-refractivity contribution is 5.86. The minimum absolute atomic E-state index is 0.0835. The molecule has 0 bridgehead atoms. The maximum atomic E-state index is 11.7. The van der Waals surface area contributed by atoms with Gasteiger partial charge in [0.1, 0.15) is 11.3 Å². The second kappa shape index (κ2) is 10.3. The number of fused-ring (bicyclic) bond motifs is 1. The number of nitrogens with zero attached hydrogens (tertiary/aromatic N) is 5. The van der Waals surface area contributed by atoms with Gasteiger partial charge in [-0.1, -0.05) is 68.6 Å². The summed E-state index contributed by atoms with van der Waals surface area (Å²) in [6.45, 7) is 7.70. The molecule has 0 aliphatic heterocycles. The second-order valence-electron chi connectivity index (χ2n) is 11.5. The fourth-order valence-electron chi connectivity index (χ4n) is 6.04. The minimum atomic E-state index is -0.628. The van der Waals surface area contributed by atoms with Crippen molar-refractivity contribution in [3.8, 4) is 11.6 Å². The summed E-state index contributed by atoms with van der Waals surface area (Å²) in [5, 5.41) is 7.58. The summed E-state index contributed by atoms with van der Waals surface area (Å²) in [5.41, 5.74) is 2.76. The van der Waals surface area contributed by atoms with Gasteiger partial charge in [-0.2, -0.15) is 0 Å². The van der Waals surface area contributed by atoms with Gasteiger partial charge >= 0.3 is 5.76 Å². The van der Waals surface area contributed by atoms with Gasteiger partial charge in [-0.3, -0.25) is 9.51 Å². The summed E-state index contributed by atoms with van der Waals surface area (Å²) in [6.07, 6.45) is 8.71. The molecule has 38 heavy (non-hydrogen) atoms. The largest absolute Gasteiger partial charge is 0.439 e. The van der Waals surface area contributed by atoms with Gasteiger partial charge in [0.15, 0.2) is 11.5 Å². The molecule has 2 N–H and O–H groups in total. The summed E-state index contributed by atoms with van der Waals surface area (Å²) < 4.78 is 7.14. The van der Waals surface area contributed by atoms with Gasteiger partial charge in [-0.25, -0.2) is 19.7 Å². The lowest BCUT2D eigenvalue weighted by molar-refractivity contribution is 0.264. The standard InChI is InChI=1S/C29H37N7O2/c1-17-12-14-20(15-13-17)16-36-23-24(30-19(3)22-10-7-11-22)31-26(27-34-29(37)38-35-27)32-25(23)33-28(36)18(2)21-8-5-4-6-9-21/h4-6,8-9,17-20,22H,7,10-16H2,1-3H3,(H,30,31,32)(H,34,35,37)/t17?,18?,19-,20?/m1/s1. The van der Waals surface area contributed by atoms with Gasteiger partial charge in [-0.15, -0.1) is 0 Å². The highest BCUT2D eigenvalue weighted by atomic mass is 16.5. The fraction of sp³-hybridized carbons (Fsp3) is 0.552. The first-order chi connectivity index (χ1) is 18.5. The lowest BCUT2D eigenvalue weighted by atomic mass is 9.80. The number of benzene rings is 1. The molecule has 2 saturated carbocycles. The van der Waals surface area contributed by atoms with Crippen molar-refractivity contribution in [1.29, 1.82) is 0 Å². The Bertz CT molecular complexity index is 1440. The van der Waals surface area contributed by atoms with E-state index in [2.05, 4.69) is 65.1 Å². The second-order valence-corrected chi connectivity index (χ2v) is 11.5. The summed E-state index contributed by atoms with van der Waals surface area (Å²) >= 11 is 0. The molecule has 2 atom stereocenters. The van der Waals surface area contributed by atoms with Crippen LogP contribution in [0.5, 0.6) is 0 Å². The van der Waals surface area contributed by atoms with Crippen LogP contribution in [0.25, 0.3) is 22.8 Å². The molecule has 0 radical (unpaired) electrons. The Morgan fingerprint density at radius 3 is 2.47 bits per heavy atom. The predicted octanol–water partition coefficient (Wildman–Crippen LogP) is 5.75. The van der Waals surface area contributed by atoms with Crippen molar-refractivity contribution in [2.75, 3.05) is 5.32 Å². The first-order valence-corrected chi connectivity index (χ1v) is 14.1. The van der Waals surface area contributed by atoms with Crippen molar-refractivity contribution in [1.82, 2.24) is 29.7 Å². The number of aromatic nitrogens is 6. The van der Waals surface area contributed by atoms with Crippen molar-refractivity contribution in [2.24, 2.45) is 17.8 Å². The predicted molar refractivity (Wildman–Crippen MR) is 147 cm³/mol. The van der Waals surface area contributed by atoms with E-state index < -0.39 is 5.76 Å². The quantitative estimate of drug-likeness (QED) is 0.307. The number of H-pyrrole nitrogens is 1. The Hall–Kier alpha value is -3.49. The SMILES string of the molecule is CC1CCC(Cn2c(C(C)c3ccccc3)nc3nc(-c4noc(=O)[nH]4)nc(N[C@H](C)C4CCC4)c32)CC1. The van der Waals surface area contributed by atoms with E-state index in [0.29, 0.717) is 23.3 Å². The normalized spacial score (nSPS) is 21.8. The van der Waals surface area contributed by atoms with E-state index in [-0.39, 0.29) is 17.8 Å². The van der Waals surface area contributed by atoms with Gasteiger partial charge in [-0.05, 0) is 55.9 Å². The van der Waals surface area contributed by atoms with Crippen LogP contribution in [0.4, 0.5) is 5.82 Å². The van der Waals surface area contributed by atoms with Crippen molar-refractivity contribution < 1.29 is 4.52 Å². The van der Waals surface area contributed by atoms with Gasteiger partial charge < -0.3 is 9.88 Å². The molecule has 4 aromatic rings. The Labute approximate surface area is 222 Å². The number of rotatable bonds is 8. The Kier molecular flexibility index (Phi) is 6.76. The number of aromatic amines is 1. The molecule has 6 rings (SSSR count). The number of hydrogen-bond donors (Lipinski definition) is 2. The maximum absolute atomic E-state index is 11.7. The molecule has 3 aromatic heterocycles. The van der Waals surface area contributed by atoms with E-state index in [1.165, 1.54) is 50.5 Å². The van der Waals surface area contributed by atoms with Crippen LogP contribution in [0.2, 0.25) is 0 Å². The van der Waals surface area contributed by atoms with Crippen LogP contribution >= 0.6 is 0 Å². The van der Waals surface area contributed by atoms with Gasteiger partial charge in [0.05, 0.1) is 0 Å². The topological polar surface area (TPSA) is 115 Å². The molecule has 200 valence electrons. The van der Waals surface area contributed by atoms with Crippen LogP contribution in [0, 0.1) is 17.8 Å². The van der Waals surface area contributed by atoms with Crippen LogP contribution in [-0.4, -0.2) is 35.7 Å². The number of hydrogen-bond acceptors (Lipinski definition) is 7. The van der Waals surface area contributed by atoms with Crippen LogP contribution in [0.15, 0.2) is 39.6 Å². The molecule has 9 nitrogen and oxygen atoms in total. The van der Waals surface area contributed by atoms with E-state index in [0.717, 1.165) is 29.6 Å². The summed E-state index contributed by atoms with van der Waals surface area (Å²) in [5.74, 6) is 3.72. The first-order valence-electron chi connectivity index (χ1n) is 14.1. The van der Waals surface area contributed by atoms with E-state index in [4.69, 9.17) is 19.5 Å². The maximum Gasteiger partial charge on any atom is 0.439 e. The van der Waals surface area contributed by atoms with E-state index in [1.807, 2.05) is 6.07 Å². The molecule has 0 saturated heterocycles. The van der Waals surface area contributed by atoms with Crippen molar-refractivity contribution in [2.45, 2.75) is 84.2 Å². The minimum Gasteiger partial charge on any atom is -0.365 e. The molecule has 2 aliphatic rings. The molecular weight excluding hydrogens is 478 g/mol. The number of anilines is 1. The third-order valence-corrected chi connectivity index (χ3v) is 8.77. The highest BCUT2D eigenvalue weighted by Crippen LogP contribution is 2.37. The summed E-state index contributed by atoms with van der Waals surface area (Å²) in [4.78, 5) is 29.1. The smallest absolute Gasteiger partial charge is 0.365 e. The Balaban J connectivity index is 1.50. The third kappa shape index (κ3) is 4.86. The lowest BCUT2D eigenvalue weighted by Crippen LogP contribution is -2.31. The van der Waals surface area contributed by atoms with E-state index >= 15 is 0 Å². The first kappa shape index (κ1) is 24.8. The molecule has 2 fully saturated rings. The molecular formula is C29H37N7O2. The lowest BCUT2D eigenvalue weighted by Gasteiger charge is -2.32. The Morgan fingerprint density at radius 2 is 1.82 bits per heavy atom.